The van der Waals surface area contributed by atoms with Gasteiger partial charge in [-0.25, -0.2) is 4.98 Å². The Hall–Kier alpha value is -1.40. The molecule has 2 fully saturated rings. The Labute approximate surface area is 151 Å². The zero-order valence-corrected chi connectivity index (χ0v) is 15.7. The molecule has 0 saturated carbocycles. The quantitative estimate of drug-likeness (QED) is 0.756. The van der Waals surface area contributed by atoms with Gasteiger partial charge in [0.15, 0.2) is 0 Å². The second-order valence-corrected chi connectivity index (χ2v) is 7.42. The van der Waals surface area contributed by atoms with Gasteiger partial charge in [0.05, 0.1) is 12.7 Å². The zero-order valence-electron chi connectivity index (χ0n) is 15.7. The number of hydrogen-bond donors (Lipinski definition) is 0. The first kappa shape index (κ1) is 18.4. The minimum absolute atomic E-state index is 0.336. The van der Waals surface area contributed by atoms with Crippen LogP contribution < -0.4 is 0 Å². The van der Waals surface area contributed by atoms with E-state index in [4.69, 9.17) is 4.42 Å². The lowest BCUT2D eigenvalue weighted by Crippen LogP contribution is -2.38. The average molecular weight is 348 g/mol. The highest BCUT2D eigenvalue weighted by molar-refractivity contribution is 5.76. The molecular formula is C19H32N4O2. The summed E-state index contributed by atoms with van der Waals surface area (Å²) >= 11 is 0. The van der Waals surface area contributed by atoms with Crippen LogP contribution in [-0.2, 0) is 17.8 Å². The molecule has 0 bridgehead atoms. The maximum atomic E-state index is 12.3. The molecule has 0 radical (unpaired) electrons. The molecule has 0 aromatic carbocycles. The summed E-state index contributed by atoms with van der Waals surface area (Å²) in [6, 6.07) is 0.516. The van der Waals surface area contributed by atoms with Crippen molar-refractivity contribution in [3.8, 4) is 0 Å². The van der Waals surface area contributed by atoms with Gasteiger partial charge in [0.25, 0.3) is 0 Å². The van der Waals surface area contributed by atoms with Gasteiger partial charge in [-0.15, -0.1) is 0 Å². The first-order chi connectivity index (χ1) is 12.2. The van der Waals surface area contributed by atoms with Crippen molar-refractivity contribution in [3.05, 3.63) is 17.8 Å². The molecule has 3 rings (SSSR count). The standard InChI is InChI=1S/C19H32N4O2/c1-3-17-13-20-18(25-17)15-21(2)16-7-11-22(14-16)12-8-19(24)23-9-5-4-6-10-23/h13,16H,3-12,14-15H2,1-2H3/t16-/m1/s1. The lowest BCUT2D eigenvalue weighted by atomic mass is 10.1. The van der Waals surface area contributed by atoms with Crippen LogP contribution in [0.5, 0.6) is 0 Å². The average Bonchev–Trinajstić information content (AvgIpc) is 3.29. The Balaban J connectivity index is 1.39. The fraction of sp³-hybridized carbons (Fsp3) is 0.789. The zero-order chi connectivity index (χ0) is 17.6. The van der Waals surface area contributed by atoms with Crippen LogP contribution in [0.25, 0.3) is 0 Å². The highest BCUT2D eigenvalue weighted by Crippen LogP contribution is 2.18. The Morgan fingerprint density at radius 2 is 2.12 bits per heavy atom. The summed E-state index contributed by atoms with van der Waals surface area (Å²) in [5, 5.41) is 0. The van der Waals surface area contributed by atoms with E-state index in [9.17, 15) is 4.79 Å². The summed E-state index contributed by atoms with van der Waals surface area (Å²) in [5.41, 5.74) is 0. The van der Waals surface area contributed by atoms with Crippen molar-refractivity contribution in [1.82, 2.24) is 19.7 Å². The lowest BCUT2D eigenvalue weighted by Gasteiger charge is -2.28. The van der Waals surface area contributed by atoms with Crippen LogP contribution in [-0.4, -0.2) is 71.4 Å². The highest BCUT2D eigenvalue weighted by Gasteiger charge is 2.27. The first-order valence-corrected chi connectivity index (χ1v) is 9.79. The van der Waals surface area contributed by atoms with E-state index in [0.717, 1.165) is 63.8 Å². The molecule has 2 aliphatic heterocycles. The van der Waals surface area contributed by atoms with Gasteiger partial charge in [-0.05, 0) is 39.3 Å². The molecule has 1 aromatic heterocycles. The molecule has 0 spiro atoms. The Bertz CT molecular complexity index is 553. The molecule has 1 aromatic rings. The van der Waals surface area contributed by atoms with Crippen LogP contribution in [0.4, 0.5) is 0 Å². The molecule has 2 aliphatic rings. The highest BCUT2D eigenvalue weighted by atomic mass is 16.4. The van der Waals surface area contributed by atoms with E-state index >= 15 is 0 Å². The number of amides is 1. The van der Waals surface area contributed by atoms with E-state index in [1.807, 2.05) is 6.20 Å². The molecule has 0 unspecified atom stereocenters. The van der Waals surface area contributed by atoms with E-state index in [1.54, 1.807) is 0 Å². The third kappa shape index (κ3) is 5.05. The predicted octanol–water partition coefficient (Wildman–Crippen LogP) is 2.15. The van der Waals surface area contributed by atoms with Crippen molar-refractivity contribution >= 4 is 5.91 Å². The van der Waals surface area contributed by atoms with Crippen LogP contribution in [0, 0.1) is 0 Å². The normalized spacial score (nSPS) is 22.0. The Morgan fingerprint density at radius 1 is 1.32 bits per heavy atom. The van der Waals surface area contributed by atoms with Crippen LogP contribution in [0.3, 0.4) is 0 Å². The van der Waals surface area contributed by atoms with Crippen LogP contribution in [0.15, 0.2) is 10.6 Å². The van der Waals surface area contributed by atoms with Crippen LogP contribution in [0.1, 0.15) is 50.7 Å². The van der Waals surface area contributed by atoms with Crippen molar-refractivity contribution in [2.75, 3.05) is 39.8 Å². The second-order valence-electron chi connectivity index (χ2n) is 7.42. The summed E-state index contributed by atoms with van der Waals surface area (Å²) in [4.78, 5) is 23.5. The van der Waals surface area contributed by atoms with Gasteiger partial charge >= 0.3 is 0 Å². The maximum Gasteiger partial charge on any atom is 0.223 e. The smallest absolute Gasteiger partial charge is 0.223 e. The Kier molecular flexibility index (Phi) is 6.48. The molecule has 0 aliphatic carbocycles. The number of rotatable bonds is 7. The molecule has 1 atom stereocenters. The molecule has 3 heterocycles. The third-order valence-corrected chi connectivity index (χ3v) is 5.56. The maximum absolute atomic E-state index is 12.3. The lowest BCUT2D eigenvalue weighted by molar-refractivity contribution is -0.132. The number of hydrogen-bond acceptors (Lipinski definition) is 5. The largest absolute Gasteiger partial charge is 0.444 e. The number of nitrogens with zero attached hydrogens (tertiary/aromatic N) is 4. The molecule has 1 amide bonds. The number of likely N-dealkylation sites (tertiary alicyclic amines) is 2. The van der Waals surface area contributed by atoms with E-state index in [-0.39, 0.29) is 0 Å². The SMILES string of the molecule is CCc1cnc(CN(C)[C@@H]2CCN(CCC(=O)N3CCCCC3)C2)o1. The number of piperidine rings is 1. The monoisotopic (exact) mass is 348 g/mol. The molecule has 25 heavy (non-hydrogen) atoms. The third-order valence-electron chi connectivity index (χ3n) is 5.56. The van der Waals surface area contributed by atoms with Crippen LogP contribution >= 0.6 is 0 Å². The number of aryl methyl sites for hydroxylation is 1. The summed E-state index contributed by atoms with van der Waals surface area (Å²) < 4.78 is 5.72. The van der Waals surface area contributed by atoms with E-state index in [0.29, 0.717) is 18.4 Å². The van der Waals surface area contributed by atoms with E-state index in [1.165, 1.54) is 19.3 Å². The minimum Gasteiger partial charge on any atom is -0.444 e. The molecule has 0 N–H and O–H groups in total. The van der Waals surface area contributed by atoms with Gasteiger partial charge in [0.1, 0.15) is 5.76 Å². The van der Waals surface area contributed by atoms with Gasteiger partial charge in [0, 0.05) is 45.1 Å². The summed E-state index contributed by atoms with van der Waals surface area (Å²) in [7, 11) is 2.14. The molecular weight excluding hydrogens is 316 g/mol. The van der Waals surface area contributed by atoms with E-state index in [2.05, 4.69) is 33.7 Å². The molecule has 6 heteroatoms. The fourth-order valence-electron chi connectivity index (χ4n) is 3.86. The number of aromatic nitrogens is 1. The number of likely N-dealkylation sites (N-methyl/N-ethyl adjacent to an activating group) is 1. The van der Waals surface area contributed by atoms with Gasteiger partial charge in [-0.2, -0.15) is 0 Å². The molecule has 140 valence electrons. The van der Waals surface area contributed by atoms with Crippen molar-refractivity contribution < 1.29 is 9.21 Å². The first-order valence-electron chi connectivity index (χ1n) is 9.79. The topological polar surface area (TPSA) is 52.8 Å². The van der Waals surface area contributed by atoms with Crippen molar-refractivity contribution in [3.63, 3.8) is 0 Å². The van der Waals surface area contributed by atoms with Crippen molar-refractivity contribution in [1.29, 1.82) is 0 Å². The summed E-state index contributed by atoms with van der Waals surface area (Å²) in [6.45, 7) is 7.75. The van der Waals surface area contributed by atoms with Gasteiger partial charge < -0.3 is 14.2 Å². The molecule has 2 saturated heterocycles. The molecule has 6 nitrogen and oxygen atoms in total. The van der Waals surface area contributed by atoms with E-state index < -0.39 is 0 Å². The van der Waals surface area contributed by atoms with Gasteiger partial charge in [-0.3, -0.25) is 9.69 Å². The van der Waals surface area contributed by atoms with Crippen molar-refractivity contribution in [2.45, 2.75) is 58.0 Å². The second kappa shape index (κ2) is 8.81. The number of carbonyl (C=O) groups excluding carboxylic acids is 1. The number of oxazole rings is 1. The van der Waals surface area contributed by atoms with Crippen LogP contribution in [0.2, 0.25) is 0 Å². The minimum atomic E-state index is 0.336. The van der Waals surface area contributed by atoms with Gasteiger partial charge in [0.2, 0.25) is 11.8 Å². The summed E-state index contributed by atoms with van der Waals surface area (Å²) in [5.74, 6) is 2.09. The van der Waals surface area contributed by atoms with Crippen molar-refractivity contribution in [2.24, 2.45) is 0 Å². The summed E-state index contributed by atoms with van der Waals surface area (Å²) in [6.07, 6.45) is 8.14. The number of carbonyl (C=O) groups is 1. The predicted molar refractivity (Wildman–Crippen MR) is 97.2 cm³/mol. The Morgan fingerprint density at radius 3 is 2.84 bits per heavy atom. The fourth-order valence-corrected chi connectivity index (χ4v) is 3.86. The van der Waals surface area contributed by atoms with Gasteiger partial charge in [-0.1, -0.05) is 6.92 Å².